The topological polar surface area (TPSA) is 75.7 Å². The van der Waals surface area contributed by atoms with Crippen molar-refractivity contribution in [2.24, 2.45) is 0 Å². The summed E-state index contributed by atoms with van der Waals surface area (Å²) in [6.45, 7) is -0.625. The zero-order valence-corrected chi connectivity index (χ0v) is 21.4. The number of carbonyl (C=O) groups is 1. The van der Waals surface area contributed by atoms with Gasteiger partial charge in [0.15, 0.2) is 0 Å². The third-order valence-electron chi connectivity index (χ3n) is 5.58. The summed E-state index contributed by atoms with van der Waals surface area (Å²) in [6.07, 6.45) is -4.82. The van der Waals surface area contributed by atoms with Gasteiger partial charge < -0.3 is 10.1 Å². The molecule has 6 nitrogen and oxygen atoms in total. The third-order valence-corrected chi connectivity index (χ3v) is 7.69. The highest BCUT2D eigenvalue weighted by Crippen LogP contribution is 2.38. The number of nitrogens with zero attached hydrogens (tertiary/aromatic N) is 1. The number of sulfonamides is 1. The predicted octanol–water partition coefficient (Wildman–Crippen LogP) is 5.90. The van der Waals surface area contributed by atoms with Gasteiger partial charge >= 0.3 is 6.18 Å². The van der Waals surface area contributed by atoms with E-state index in [1.807, 2.05) is 36.4 Å². The summed E-state index contributed by atoms with van der Waals surface area (Å²) < 4.78 is 73.4. The van der Waals surface area contributed by atoms with Gasteiger partial charge in [-0.1, -0.05) is 60.1 Å². The molecule has 198 valence electrons. The van der Waals surface area contributed by atoms with E-state index in [2.05, 4.69) is 5.32 Å². The Morgan fingerprint density at radius 3 is 2.29 bits per heavy atom. The first kappa shape index (κ1) is 27.3. The van der Waals surface area contributed by atoms with Gasteiger partial charge in [0.25, 0.3) is 10.0 Å². The van der Waals surface area contributed by atoms with Crippen LogP contribution in [0.25, 0.3) is 10.8 Å². The van der Waals surface area contributed by atoms with Crippen LogP contribution in [-0.4, -0.2) is 34.0 Å². The van der Waals surface area contributed by atoms with Crippen LogP contribution in [0.4, 0.5) is 18.9 Å². The van der Waals surface area contributed by atoms with Crippen LogP contribution >= 0.6 is 11.6 Å². The minimum atomic E-state index is -4.82. The molecular weight excluding hydrogens is 541 g/mol. The molecule has 0 atom stereocenters. The van der Waals surface area contributed by atoms with Crippen LogP contribution in [0.2, 0.25) is 5.02 Å². The first-order chi connectivity index (χ1) is 18.1. The van der Waals surface area contributed by atoms with Crippen LogP contribution < -0.4 is 14.4 Å². The fourth-order valence-corrected chi connectivity index (χ4v) is 5.38. The predicted molar refractivity (Wildman–Crippen MR) is 140 cm³/mol. The maximum absolute atomic E-state index is 13.5. The highest BCUT2D eigenvalue weighted by molar-refractivity contribution is 7.92. The second-order valence-corrected chi connectivity index (χ2v) is 10.5. The maximum atomic E-state index is 13.5. The van der Waals surface area contributed by atoms with E-state index in [-0.39, 0.29) is 23.7 Å². The minimum Gasteiger partial charge on any atom is -0.492 e. The zero-order valence-electron chi connectivity index (χ0n) is 19.8. The van der Waals surface area contributed by atoms with E-state index in [1.165, 1.54) is 24.3 Å². The number of benzene rings is 4. The van der Waals surface area contributed by atoms with Crippen molar-refractivity contribution >= 4 is 44.0 Å². The smallest absolute Gasteiger partial charge is 0.417 e. The molecule has 4 rings (SSSR count). The molecule has 0 fully saturated rings. The fraction of sp³-hybridized carbons (Fsp3) is 0.148. The van der Waals surface area contributed by atoms with E-state index < -0.39 is 39.2 Å². The van der Waals surface area contributed by atoms with Gasteiger partial charge in [0.2, 0.25) is 5.91 Å². The van der Waals surface area contributed by atoms with Gasteiger partial charge in [0.05, 0.1) is 27.7 Å². The van der Waals surface area contributed by atoms with Crippen molar-refractivity contribution in [3.63, 3.8) is 0 Å². The molecule has 38 heavy (non-hydrogen) atoms. The lowest BCUT2D eigenvalue weighted by Crippen LogP contribution is -2.42. The molecule has 0 radical (unpaired) electrons. The van der Waals surface area contributed by atoms with Gasteiger partial charge in [-0.2, -0.15) is 13.2 Å². The van der Waals surface area contributed by atoms with Gasteiger partial charge in [0.1, 0.15) is 18.9 Å². The molecule has 1 amide bonds. The fourth-order valence-electron chi connectivity index (χ4n) is 3.72. The van der Waals surface area contributed by atoms with Crippen molar-refractivity contribution in [2.45, 2.75) is 11.1 Å². The molecule has 4 aromatic rings. The number of halogens is 4. The van der Waals surface area contributed by atoms with Crippen LogP contribution in [0.5, 0.6) is 5.75 Å². The molecule has 0 bridgehead atoms. The van der Waals surface area contributed by atoms with Crippen LogP contribution in [0.15, 0.2) is 95.9 Å². The van der Waals surface area contributed by atoms with E-state index in [0.717, 1.165) is 22.9 Å². The van der Waals surface area contributed by atoms with Crippen molar-refractivity contribution in [1.82, 2.24) is 5.32 Å². The first-order valence-corrected chi connectivity index (χ1v) is 13.2. The first-order valence-electron chi connectivity index (χ1n) is 11.4. The molecule has 4 aromatic carbocycles. The number of rotatable bonds is 9. The van der Waals surface area contributed by atoms with Crippen molar-refractivity contribution in [3.8, 4) is 5.75 Å². The number of carbonyl (C=O) groups excluding carboxylic acids is 1. The van der Waals surface area contributed by atoms with Gasteiger partial charge in [-0.25, -0.2) is 8.42 Å². The summed E-state index contributed by atoms with van der Waals surface area (Å²) in [5, 5.41) is 3.99. The molecule has 0 unspecified atom stereocenters. The average molecular weight is 563 g/mol. The molecule has 0 saturated carbocycles. The minimum absolute atomic E-state index is 0.0410. The molecule has 11 heteroatoms. The summed E-state index contributed by atoms with van der Waals surface area (Å²) >= 11 is 5.71. The van der Waals surface area contributed by atoms with Crippen molar-refractivity contribution in [1.29, 1.82) is 0 Å². The quantitative estimate of drug-likeness (QED) is 0.258. The summed E-state index contributed by atoms with van der Waals surface area (Å²) in [5.41, 5.74) is -1.57. The molecule has 0 aliphatic rings. The number of alkyl halides is 3. The highest BCUT2D eigenvalue weighted by Gasteiger charge is 2.35. The molecule has 0 aliphatic carbocycles. The van der Waals surface area contributed by atoms with E-state index in [0.29, 0.717) is 16.1 Å². The molecule has 0 aromatic heterocycles. The lowest BCUT2D eigenvalue weighted by Gasteiger charge is -2.25. The van der Waals surface area contributed by atoms with Crippen LogP contribution in [0, 0.1) is 0 Å². The molecule has 0 spiro atoms. The molecule has 0 heterocycles. The normalized spacial score (nSPS) is 11.8. The Morgan fingerprint density at radius 1 is 0.895 bits per heavy atom. The largest absolute Gasteiger partial charge is 0.492 e. The van der Waals surface area contributed by atoms with E-state index in [1.54, 1.807) is 12.1 Å². The van der Waals surface area contributed by atoms with Gasteiger partial charge in [-0.05, 0) is 53.2 Å². The van der Waals surface area contributed by atoms with Crippen LogP contribution in [0.1, 0.15) is 5.56 Å². The van der Waals surface area contributed by atoms with Crippen molar-refractivity contribution in [2.75, 3.05) is 24.0 Å². The third kappa shape index (κ3) is 6.38. The SMILES string of the molecule is O=C(CN(c1ccc(Cl)c(C(F)(F)F)c1)S(=O)(=O)c1ccccc1)NCCOc1ccc2ccccc2c1. The molecule has 0 saturated heterocycles. The Labute approximate surface area is 222 Å². The summed E-state index contributed by atoms with van der Waals surface area (Å²) in [7, 11) is -4.39. The Kier molecular flexibility index (Phi) is 8.13. The average Bonchev–Trinajstić information content (AvgIpc) is 2.90. The Hall–Kier alpha value is -3.76. The number of anilines is 1. The van der Waals surface area contributed by atoms with E-state index in [9.17, 15) is 26.4 Å². The Bertz CT molecular complexity index is 1550. The highest BCUT2D eigenvalue weighted by atomic mass is 35.5. The van der Waals surface area contributed by atoms with Crippen LogP contribution in [0.3, 0.4) is 0 Å². The Morgan fingerprint density at radius 2 is 1.58 bits per heavy atom. The number of amides is 1. The second-order valence-electron chi connectivity index (χ2n) is 8.19. The van der Waals surface area contributed by atoms with Gasteiger partial charge in [-0.15, -0.1) is 0 Å². The van der Waals surface area contributed by atoms with Crippen molar-refractivity contribution < 1.29 is 31.1 Å². The molecular formula is C27H22ClF3N2O4S. The van der Waals surface area contributed by atoms with Crippen LogP contribution in [-0.2, 0) is 21.0 Å². The van der Waals surface area contributed by atoms with Gasteiger partial charge in [-0.3, -0.25) is 9.10 Å². The summed E-state index contributed by atoms with van der Waals surface area (Å²) in [6, 6.07) is 23.1. The second kappa shape index (κ2) is 11.3. The lowest BCUT2D eigenvalue weighted by molar-refractivity contribution is -0.137. The number of hydrogen-bond donors (Lipinski definition) is 1. The lowest BCUT2D eigenvalue weighted by atomic mass is 10.1. The summed E-state index contributed by atoms with van der Waals surface area (Å²) in [5.74, 6) is -0.137. The van der Waals surface area contributed by atoms with Crippen molar-refractivity contribution in [3.05, 3.63) is 102 Å². The maximum Gasteiger partial charge on any atom is 0.417 e. The monoisotopic (exact) mass is 562 g/mol. The van der Waals surface area contributed by atoms with E-state index >= 15 is 0 Å². The van der Waals surface area contributed by atoms with Gasteiger partial charge in [0, 0.05) is 0 Å². The van der Waals surface area contributed by atoms with E-state index in [4.69, 9.17) is 16.3 Å². The number of hydrogen-bond acceptors (Lipinski definition) is 4. The standard InChI is InChI=1S/C27H22ClF3N2O4S/c28-25-13-11-21(17-24(25)27(29,30)31)33(38(35,36)23-8-2-1-3-9-23)18-26(34)32-14-15-37-22-12-10-19-6-4-5-7-20(19)16-22/h1-13,16-17H,14-15,18H2,(H,32,34). The molecule has 1 N–H and O–H groups in total. The Balaban J connectivity index is 1.49. The number of fused-ring (bicyclic) bond motifs is 1. The zero-order chi connectivity index (χ0) is 27.3. The number of nitrogens with one attached hydrogen (secondary N) is 1. The molecule has 0 aliphatic heterocycles. The summed E-state index contributed by atoms with van der Waals surface area (Å²) in [4.78, 5) is 12.5. The number of ether oxygens (including phenoxy) is 1.